The van der Waals surface area contributed by atoms with Gasteiger partial charge in [-0.3, -0.25) is 4.55 Å². The monoisotopic (exact) mass is 256 g/mol. The van der Waals surface area contributed by atoms with Crippen molar-refractivity contribution in [3.05, 3.63) is 11.5 Å². The minimum absolute atomic E-state index is 1.25. The van der Waals surface area contributed by atoms with Crippen LogP contribution in [0.5, 0.6) is 0 Å². The quantitative estimate of drug-likeness (QED) is 0.279. The molecule has 16 heavy (non-hydrogen) atoms. The van der Waals surface area contributed by atoms with Crippen LogP contribution in [0.15, 0.2) is 11.5 Å². The normalized spacial score (nSPS) is 28.1. The van der Waals surface area contributed by atoms with Gasteiger partial charge in [-0.1, -0.05) is 0 Å². The molecule has 0 aromatic rings. The highest BCUT2D eigenvalue weighted by Gasteiger charge is 2.63. The number of ether oxygens (including phenoxy) is 1. The first-order chi connectivity index (χ1) is 7.18. The van der Waals surface area contributed by atoms with Crippen LogP contribution < -0.4 is 0 Å². The van der Waals surface area contributed by atoms with Gasteiger partial charge in [-0.15, -0.1) is 0 Å². The first kappa shape index (κ1) is 12.7. The van der Waals surface area contributed by atoms with Crippen molar-refractivity contribution >= 4 is 16.1 Å². The fraction of sp³-hybridized carbons (Fsp3) is 0.500. The second-order valence-electron chi connectivity index (χ2n) is 2.93. The predicted molar refractivity (Wildman–Crippen MR) is 45.7 cm³/mol. The smallest absolute Gasteiger partial charge is 0.379 e. The van der Waals surface area contributed by atoms with E-state index in [-0.39, 0.29) is 0 Å². The van der Waals surface area contributed by atoms with Crippen LogP contribution in [0.4, 0.5) is 0 Å². The third kappa shape index (κ3) is 1.43. The average Bonchev–Trinajstić information content (AvgIpc) is 2.41. The maximum absolute atomic E-state index is 11.0. The lowest BCUT2D eigenvalue weighted by Crippen LogP contribution is -2.53. The summed E-state index contributed by atoms with van der Waals surface area (Å²) in [5.41, 5.74) is 0. The Morgan fingerprint density at radius 1 is 1.38 bits per heavy atom. The van der Waals surface area contributed by atoms with E-state index in [1.54, 1.807) is 0 Å². The molecular weight excluding hydrogens is 248 g/mol. The number of hydrogen-bond acceptors (Lipinski definition) is 8. The summed E-state index contributed by atoms with van der Waals surface area (Å²) < 4.78 is 34.7. The molecule has 0 aromatic carbocycles. The van der Waals surface area contributed by atoms with Crippen LogP contribution in [0, 0.1) is 0 Å². The molecule has 0 aliphatic carbocycles. The van der Waals surface area contributed by atoms with Crippen LogP contribution in [0.1, 0.15) is 0 Å². The van der Waals surface area contributed by atoms with E-state index in [0.717, 1.165) is 0 Å². The van der Waals surface area contributed by atoms with Gasteiger partial charge in [0.25, 0.3) is 0 Å². The summed E-state index contributed by atoms with van der Waals surface area (Å²) >= 11 is 0. The Labute approximate surface area is 88.9 Å². The lowest BCUT2D eigenvalue weighted by atomic mass is 10.2. The Morgan fingerprint density at radius 3 is 2.12 bits per heavy atom. The second-order valence-corrected chi connectivity index (χ2v) is 4.48. The summed E-state index contributed by atoms with van der Waals surface area (Å²) in [6, 6.07) is 0. The van der Waals surface area contributed by atoms with Crippen molar-refractivity contribution in [1.29, 1.82) is 0 Å². The molecule has 0 fully saturated rings. The summed E-state index contributed by atoms with van der Waals surface area (Å²) in [4.78, 5) is 7.52. The largest absolute Gasteiger partial charge is 0.504 e. The number of hydrogen-bond donors (Lipinski definition) is 5. The molecule has 92 valence electrons. The fourth-order valence-electron chi connectivity index (χ4n) is 1.19. The number of cyclic esters (lactones) is 1. The molecule has 5 N–H and O–H groups in total. The van der Waals surface area contributed by atoms with Crippen LogP contribution in [0.3, 0.4) is 0 Å². The average molecular weight is 256 g/mol. The third-order valence-corrected chi connectivity index (χ3v) is 3.30. The van der Waals surface area contributed by atoms with Crippen LogP contribution in [0.2, 0.25) is 0 Å². The summed E-state index contributed by atoms with van der Waals surface area (Å²) in [7, 11) is -5.31. The van der Waals surface area contributed by atoms with Crippen LogP contribution >= 0.6 is 0 Å². The highest BCUT2D eigenvalue weighted by Crippen LogP contribution is 2.37. The molecule has 2 atom stereocenters. The number of esters is 1. The molecule has 0 bridgehead atoms. The van der Waals surface area contributed by atoms with E-state index in [4.69, 9.17) is 14.8 Å². The van der Waals surface area contributed by atoms with Gasteiger partial charge in [-0.05, 0) is 0 Å². The molecule has 1 aliphatic heterocycles. The van der Waals surface area contributed by atoms with Crippen molar-refractivity contribution < 1.29 is 42.9 Å². The minimum Gasteiger partial charge on any atom is -0.504 e. The molecule has 1 rings (SSSR count). The summed E-state index contributed by atoms with van der Waals surface area (Å²) in [6.45, 7) is -1.25. The first-order valence-corrected chi connectivity index (χ1v) is 5.24. The van der Waals surface area contributed by atoms with Crippen molar-refractivity contribution in [3.8, 4) is 0 Å². The number of carbonyl (C=O) groups excluding carboxylic acids is 1. The first-order valence-electron chi connectivity index (χ1n) is 3.80. The zero-order valence-corrected chi connectivity index (χ0v) is 8.38. The minimum atomic E-state index is -5.31. The molecule has 0 saturated heterocycles. The van der Waals surface area contributed by atoms with Crippen molar-refractivity contribution in [1.82, 2.24) is 0 Å². The molecule has 0 radical (unpaired) electrons. The predicted octanol–water partition coefficient (Wildman–Crippen LogP) is -2.19. The molecule has 10 heteroatoms. The summed E-state index contributed by atoms with van der Waals surface area (Å²) in [6.07, 6.45) is -2.35. The molecular formula is C6H8O9S. The second kappa shape index (κ2) is 3.59. The highest BCUT2D eigenvalue weighted by molar-refractivity contribution is 7.87. The van der Waals surface area contributed by atoms with Gasteiger partial charge in [0.2, 0.25) is 11.5 Å². The maximum Gasteiger partial charge on any atom is 0.379 e. The highest BCUT2D eigenvalue weighted by atomic mass is 32.2. The zero-order valence-electron chi connectivity index (χ0n) is 7.56. The number of aliphatic hydroxyl groups is 4. The van der Waals surface area contributed by atoms with E-state index in [1.807, 2.05) is 0 Å². The molecule has 0 aromatic heterocycles. The Hall–Kier alpha value is -1.36. The van der Waals surface area contributed by atoms with E-state index in [2.05, 4.69) is 4.74 Å². The molecule has 1 aliphatic rings. The van der Waals surface area contributed by atoms with Crippen molar-refractivity contribution in [2.45, 2.75) is 11.0 Å². The van der Waals surface area contributed by atoms with Crippen molar-refractivity contribution in [2.24, 2.45) is 0 Å². The van der Waals surface area contributed by atoms with E-state index in [9.17, 15) is 23.4 Å². The Morgan fingerprint density at radius 2 is 1.88 bits per heavy atom. The standard InChI is InChI=1S/C6H8O9S/c7-1-2(8)6(16(12,13)14)4(10)3(9)5(11)15-6/h2,7-10H,1H2,(H,12,13,14)/t2-,6-/m0/s1. The van der Waals surface area contributed by atoms with Gasteiger partial charge in [0.1, 0.15) is 6.10 Å². The van der Waals surface area contributed by atoms with Crippen molar-refractivity contribution in [3.63, 3.8) is 0 Å². The number of rotatable bonds is 3. The topological polar surface area (TPSA) is 162 Å². The Bertz CT molecular complexity index is 449. The van der Waals surface area contributed by atoms with Crippen LogP contribution in [0.25, 0.3) is 0 Å². The molecule has 0 spiro atoms. The van der Waals surface area contributed by atoms with Crippen LogP contribution in [-0.2, 0) is 19.6 Å². The van der Waals surface area contributed by atoms with E-state index < -0.39 is 45.2 Å². The molecule has 0 amide bonds. The van der Waals surface area contributed by atoms with Gasteiger partial charge in [-0.25, -0.2) is 4.79 Å². The zero-order chi connectivity index (χ0) is 12.7. The third-order valence-electron chi connectivity index (χ3n) is 1.99. The van der Waals surface area contributed by atoms with Crippen LogP contribution in [-0.4, -0.2) is 57.0 Å². The van der Waals surface area contributed by atoms with E-state index in [0.29, 0.717) is 0 Å². The van der Waals surface area contributed by atoms with Gasteiger partial charge < -0.3 is 25.2 Å². The SMILES string of the molecule is O=C1O[C@@]([C@@H](O)CO)(S(=O)(=O)O)C(O)=C1O. The summed E-state index contributed by atoms with van der Waals surface area (Å²) in [5.74, 6) is -4.70. The van der Waals surface area contributed by atoms with Gasteiger partial charge >= 0.3 is 21.0 Å². The van der Waals surface area contributed by atoms with Gasteiger partial charge in [0.05, 0.1) is 6.61 Å². The number of carbonyl (C=O) groups is 1. The van der Waals surface area contributed by atoms with Crippen molar-refractivity contribution in [2.75, 3.05) is 6.61 Å². The molecule has 9 nitrogen and oxygen atoms in total. The van der Waals surface area contributed by atoms with Gasteiger partial charge in [0.15, 0.2) is 0 Å². The molecule has 1 heterocycles. The van der Waals surface area contributed by atoms with E-state index in [1.165, 1.54) is 0 Å². The lowest BCUT2D eigenvalue weighted by Gasteiger charge is -2.27. The Balaban J connectivity index is 3.48. The molecule has 0 unspecified atom stereocenters. The fourth-order valence-corrected chi connectivity index (χ4v) is 2.13. The maximum atomic E-state index is 11.0. The van der Waals surface area contributed by atoms with Gasteiger partial charge in [-0.2, -0.15) is 8.42 Å². The van der Waals surface area contributed by atoms with E-state index >= 15 is 0 Å². The summed E-state index contributed by atoms with van der Waals surface area (Å²) in [5, 5.41) is 35.8. The number of aliphatic hydroxyl groups excluding tert-OH is 4. The van der Waals surface area contributed by atoms with Gasteiger partial charge in [0, 0.05) is 0 Å². The Kier molecular flexibility index (Phi) is 2.85. The lowest BCUT2D eigenvalue weighted by molar-refractivity contribution is -0.152. The molecule has 0 saturated carbocycles.